The van der Waals surface area contributed by atoms with Gasteiger partial charge in [-0.1, -0.05) is 0 Å². The lowest BCUT2D eigenvalue weighted by Crippen LogP contribution is -2.88. The van der Waals surface area contributed by atoms with Gasteiger partial charge >= 0.3 is 0 Å². The summed E-state index contributed by atoms with van der Waals surface area (Å²) in [5.41, 5.74) is 3.70. The van der Waals surface area contributed by atoms with Gasteiger partial charge in [-0.25, -0.2) is 0 Å². The molecule has 0 aromatic carbocycles. The topological polar surface area (TPSA) is 84.7 Å². The average Bonchev–Trinajstić information content (AvgIpc) is 2.20. The van der Waals surface area contributed by atoms with Crippen molar-refractivity contribution >= 4 is 0 Å². The quantitative estimate of drug-likeness (QED) is 0.325. The van der Waals surface area contributed by atoms with Gasteiger partial charge in [0.1, 0.15) is 24.8 Å². The Morgan fingerprint density at radius 2 is 2.20 bits per heavy atom. The van der Waals surface area contributed by atoms with Crippen LogP contribution < -0.4 is 11.1 Å². The van der Waals surface area contributed by atoms with Crippen molar-refractivity contribution in [3.05, 3.63) is 0 Å². The van der Waals surface area contributed by atoms with Crippen molar-refractivity contribution in [3.63, 3.8) is 0 Å². The number of quaternary nitrogens is 2. The van der Waals surface area contributed by atoms with Crippen LogP contribution in [0.3, 0.4) is 0 Å². The minimum atomic E-state index is -0.540. The lowest BCUT2D eigenvalue weighted by molar-refractivity contribution is -0.677. The van der Waals surface area contributed by atoms with Crippen molar-refractivity contribution < 1.29 is 21.3 Å². The van der Waals surface area contributed by atoms with Gasteiger partial charge in [0.25, 0.3) is 0 Å². The average molecular weight is 148 g/mol. The van der Waals surface area contributed by atoms with E-state index in [9.17, 15) is 5.11 Å². The molecule has 4 heteroatoms. The Kier molecular flexibility index (Phi) is 2.62. The number of hydrogen-bond donors (Lipinski definition) is 4. The molecule has 1 aliphatic heterocycles. The van der Waals surface area contributed by atoms with E-state index in [4.69, 9.17) is 5.11 Å². The van der Waals surface area contributed by atoms with Crippen molar-refractivity contribution in [3.8, 4) is 0 Å². The van der Waals surface area contributed by atoms with E-state index in [0.717, 1.165) is 13.0 Å². The van der Waals surface area contributed by atoms with E-state index in [-0.39, 0.29) is 6.04 Å². The highest BCUT2D eigenvalue weighted by molar-refractivity contribution is 4.78. The molecule has 0 radical (unpaired) electrons. The molecule has 4 nitrogen and oxygen atoms in total. The maximum absolute atomic E-state index is 9.28. The zero-order chi connectivity index (χ0) is 7.56. The van der Waals surface area contributed by atoms with Crippen LogP contribution in [0.4, 0.5) is 0 Å². The fraction of sp³-hybridized carbons (Fsp3) is 1.00. The molecule has 1 saturated heterocycles. The molecule has 0 amide bonds. The number of hydrogen-bond acceptors (Lipinski definition) is 2. The molecule has 1 aliphatic rings. The van der Waals surface area contributed by atoms with E-state index >= 15 is 0 Å². The van der Waals surface area contributed by atoms with E-state index in [1.165, 1.54) is 0 Å². The standard InChI is InChI=1S/C6H14N2O2/c7-2-1-4-6(10)5(9)3-8-4/h4-6,8-10H,1-3,7H2/p+2/t4-,5+,6-/m0/s1. The van der Waals surface area contributed by atoms with Crippen molar-refractivity contribution in [2.45, 2.75) is 24.7 Å². The van der Waals surface area contributed by atoms with E-state index in [1.807, 2.05) is 5.32 Å². The van der Waals surface area contributed by atoms with Gasteiger partial charge in [-0.2, -0.15) is 0 Å². The molecule has 0 saturated carbocycles. The summed E-state index contributed by atoms with van der Waals surface area (Å²) in [4.78, 5) is 0. The maximum atomic E-state index is 9.28. The molecule has 0 unspecified atom stereocenters. The molecule has 60 valence electrons. The number of aliphatic hydroxyl groups excluding tert-OH is 2. The normalized spacial score (nSPS) is 40.5. The van der Waals surface area contributed by atoms with Gasteiger partial charge in [0.05, 0.1) is 13.0 Å². The van der Waals surface area contributed by atoms with Crippen LogP contribution in [0.25, 0.3) is 0 Å². The van der Waals surface area contributed by atoms with Gasteiger partial charge in [-0.3, -0.25) is 0 Å². The van der Waals surface area contributed by atoms with Crippen molar-refractivity contribution in [2.24, 2.45) is 0 Å². The Bertz CT molecular complexity index is 108. The zero-order valence-electron chi connectivity index (χ0n) is 6.03. The van der Waals surface area contributed by atoms with Crippen molar-refractivity contribution in [2.75, 3.05) is 13.1 Å². The minimum Gasteiger partial charge on any atom is -0.384 e. The fourth-order valence-corrected chi connectivity index (χ4v) is 1.40. The lowest BCUT2D eigenvalue weighted by atomic mass is 10.1. The van der Waals surface area contributed by atoms with Gasteiger partial charge in [0, 0.05) is 0 Å². The van der Waals surface area contributed by atoms with E-state index in [1.54, 1.807) is 0 Å². The van der Waals surface area contributed by atoms with Gasteiger partial charge in [-0.15, -0.1) is 0 Å². The highest BCUT2D eigenvalue weighted by Crippen LogP contribution is 2.02. The van der Waals surface area contributed by atoms with Crippen LogP contribution in [0.2, 0.25) is 0 Å². The maximum Gasteiger partial charge on any atom is 0.137 e. The summed E-state index contributed by atoms with van der Waals surface area (Å²) in [7, 11) is 0. The van der Waals surface area contributed by atoms with Crippen LogP contribution in [0.1, 0.15) is 6.42 Å². The van der Waals surface area contributed by atoms with Gasteiger partial charge in [0.2, 0.25) is 0 Å². The van der Waals surface area contributed by atoms with Crippen LogP contribution in [0.15, 0.2) is 0 Å². The van der Waals surface area contributed by atoms with Gasteiger partial charge in [0.15, 0.2) is 0 Å². The van der Waals surface area contributed by atoms with Crippen LogP contribution >= 0.6 is 0 Å². The Balaban J connectivity index is 2.33. The number of rotatable bonds is 2. The second-order valence-corrected chi connectivity index (χ2v) is 2.84. The first-order valence-electron chi connectivity index (χ1n) is 3.74. The molecule has 1 rings (SSSR count). The molecule has 7 N–H and O–H groups in total. The van der Waals surface area contributed by atoms with Gasteiger partial charge in [-0.05, 0) is 0 Å². The molecule has 0 spiro atoms. The highest BCUT2D eigenvalue weighted by Gasteiger charge is 2.36. The van der Waals surface area contributed by atoms with Crippen molar-refractivity contribution in [1.29, 1.82) is 0 Å². The van der Waals surface area contributed by atoms with Crippen LogP contribution in [-0.4, -0.2) is 41.6 Å². The van der Waals surface area contributed by atoms with E-state index in [2.05, 4.69) is 5.73 Å². The third kappa shape index (κ3) is 1.46. The summed E-state index contributed by atoms with van der Waals surface area (Å²) >= 11 is 0. The molecule has 1 heterocycles. The Hall–Kier alpha value is -0.160. The largest absolute Gasteiger partial charge is 0.384 e. The summed E-state index contributed by atoms with van der Waals surface area (Å²) in [6.45, 7) is 1.46. The Labute approximate surface area is 60.0 Å². The number of aliphatic hydroxyl groups is 2. The predicted octanol–water partition coefficient (Wildman–Crippen LogP) is -3.71. The summed E-state index contributed by atoms with van der Waals surface area (Å²) in [5, 5.41) is 20.4. The molecule has 3 atom stereocenters. The summed E-state index contributed by atoms with van der Waals surface area (Å²) in [5.74, 6) is 0. The van der Waals surface area contributed by atoms with Crippen LogP contribution in [0, 0.1) is 0 Å². The van der Waals surface area contributed by atoms with E-state index < -0.39 is 12.2 Å². The second kappa shape index (κ2) is 3.30. The SMILES string of the molecule is [NH3+]CC[C@@H]1[NH2+]C[C@@H](O)[C@H]1O. The highest BCUT2D eigenvalue weighted by atomic mass is 16.3. The first-order chi connectivity index (χ1) is 4.75. The van der Waals surface area contributed by atoms with Gasteiger partial charge < -0.3 is 21.3 Å². The Morgan fingerprint density at radius 3 is 2.60 bits per heavy atom. The smallest absolute Gasteiger partial charge is 0.137 e. The second-order valence-electron chi connectivity index (χ2n) is 2.84. The fourth-order valence-electron chi connectivity index (χ4n) is 1.40. The lowest BCUT2D eigenvalue weighted by Gasteiger charge is -2.09. The first-order valence-corrected chi connectivity index (χ1v) is 3.74. The van der Waals surface area contributed by atoms with Crippen molar-refractivity contribution in [1.82, 2.24) is 0 Å². The summed E-state index contributed by atoms with van der Waals surface area (Å²) < 4.78 is 0. The third-order valence-corrected chi connectivity index (χ3v) is 2.05. The molecule has 0 aromatic rings. The molecule has 0 aliphatic carbocycles. The molecular formula is C6H16N2O2+2. The van der Waals surface area contributed by atoms with E-state index in [0.29, 0.717) is 6.54 Å². The minimum absolute atomic E-state index is 0.174. The predicted molar refractivity (Wildman–Crippen MR) is 35.0 cm³/mol. The molecule has 0 aromatic heterocycles. The molecule has 10 heavy (non-hydrogen) atoms. The molecule has 0 bridgehead atoms. The Morgan fingerprint density at radius 1 is 1.50 bits per heavy atom. The zero-order valence-corrected chi connectivity index (χ0v) is 6.03. The number of nitrogens with two attached hydrogens (primary N) is 1. The first kappa shape index (κ1) is 7.94. The van der Waals surface area contributed by atoms with Crippen LogP contribution in [-0.2, 0) is 0 Å². The summed E-state index contributed by atoms with van der Waals surface area (Å²) in [6, 6.07) is 0.174. The third-order valence-electron chi connectivity index (χ3n) is 2.05. The summed E-state index contributed by atoms with van der Waals surface area (Å²) in [6.07, 6.45) is -0.184. The monoisotopic (exact) mass is 148 g/mol. The molecule has 1 fully saturated rings. The molecular weight excluding hydrogens is 132 g/mol. The van der Waals surface area contributed by atoms with Crippen LogP contribution in [0.5, 0.6) is 0 Å².